The Balaban J connectivity index is 3.40. The van der Waals surface area contributed by atoms with Crippen molar-refractivity contribution in [1.29, 1.82) is 0 Å². The van der Waals surface area contributed by atoms with Gasteiger partial charge in [-0.2, -0.15) is 0 Å². The van der Waals surface area contributed by atoms with Gasteiger partial charge in [0, 0.05) is 20.1 Å². The lowest BCUT2D eigenvalue weighted by molar-refractivity contribution is -0.126. The highest BCUT2D eigenvalue weighted by Crippen LogP contribution is 1.92. The quantitative estimate of drug-likeness (QED) is 0.564. The number of nitrogens with one attached hydrogen (secondary N) is 2. The third-order valence-electron chi connectivity index (χ3n) is 1.83. The van der Waals surface area contributed by atoms with Crippen LogP contribution in [0.3, 0.4) is 0 Å². The van der Waals surface area contributed by atoms with Crippen molar-refractivity contribution in [2.24, 2.45) is 0 Å². The van der Waals surface area contributed by atoms with Gasteiger partial charge in [0.1, 0.15) is 0 Å². The topological polar surface area (TPSA) is 67.4 Å². The van der Waals surface area contributed by atoms with E-state index in [1.54, 1.807) is 7.11 Å². The third-order valence-corrected chi connectivity index (χ3v) is 1.83. The Kier molecular flexibility index (Phi) is 8.76. The summed E-state index contributed by atoms with van der Waals surface area (Å²) in [6, 6.07) is 0. The van der Waals surface area contributed by atoms with E-state index in [0.717, 1.165) is 12.8 Å². The molecule has 0 rings (SSSR count). The average molecular weight is 216 g/mol. The summed E-state index contributed by atoms with van der Waals surface area (Å²) in [6.07, 6.45) is 2.33. The second-order valence-corrected chi connectivity index (χ2v) is 3.22. The molecule has 0 bridgehead atoms. The molecule has 2 amide bonds. The van der Waals surface area contributed by atoms with Crippen LogP contribution in [0.15, 0.2) is 0 Å². The van der Waals surface area contributed by atoms with Gasteiger partial charge in [-0.3, -0.25) is 9.59 Å². The standard InChI is InChI=1S/C10H20N2O3/c1-3-4-5-9(13)12-8-10(14)11-6-7-15-2/h3-8H2,1-2H3,(H,11,14)(H,12,13). The molecule has 0 saturated carbocycles. The van der Waals surface area contributed by atoms with Crippen LogP contribution in [0.25, 0.3) is 0 Å². The van der Waals surface area contributed by atoms with Crippen molar-refractivity contribution in [3.05, 3.63) is 0 Å². The maximum atomic E-state index is 11.1. The first-order valence-corrected chi connectivity index (χ1v) is 5.23. The molecule has 0 aromatic carbocycles. The summed E-state index contributed by atoms with van der Waals surface area (Å²) in [5, 5.41) is 5.17. The van der Waals surface area contributed by atoms with E-state index in [4.69, 9.17) is 4.74 Å². The van der Waals surface area contributed by atoms with Crippen LogP contribution in [0.1, 0.15) is 26.2 Å². The number of unbranched alkanes of at least 4 members (excludes halogenated alkanes) is 1. The molecule has 88 valence electrons. The molecule has 0 aliphatic carbocycles. The van der Waals surface area contributed by atoms with Gasteiger partial charge in [0.05, 0.1) is 13.2 Å². The Bertz CT molecular complexity index is 195. The molecule has 0 aliphatic heterocycles. The molecular weight excluding hydrogens is 196 g/mol. The summed E-state index contributed by atoms with van der Waals surface area (Å²) in [7, 11) is 1.57. The van der Waals surface area contributed by atoms with Crippen LogP contribution in [0.4, 0.5) is 0 Å². The van der Waals surface area contributed by atoms with E-state index in [9.17, 15) is 9.59 Å². The highest BCUT2D eigenvalue weighted by molar-refractivity contribution is 5.84. The summed E-state index contributed by atoms with van der Waals surface area (Å²) < 4.78 is 4.77. The molecule has 0 spiro atoms. The lowest BCUT2D eigenvalue weighted by Gasteiger charge is -2.05. The molecule has 2 N–H and O–H groups in total. The number of carbonyl (C=O) groups is 2. The van der Waals surface area contributed by atoms with Crippen molar-refractivity contribution < 1.29 is 14.3 Å². The number of hydrogen-bond donors (Lipinski definition) is 2. The molecule has 0 radical (unpaired) electrons. The molecule has 15 heavy (non-hydrogen) atoms. The SMILES string of the molecule is CCCCC(=O)NCC(=O)NCCOC. The molecule has 0 aromatic heterocycles. The van der Waals surface area contributed by atoms with Crippen LogP contribution in [0.5, 0.6) is 0 Å². The Hall–Kier alpha value is -1.10. The Morgan fingerprint density at radius 1 is 1.20 bits per heavy atom. The zero-order valence-electron chi connectivity index (χ0n) is 9.47. The molecule has 5 nitrogen and oxygen atoms in total. The van der Waals surface area contributed by atoms with E-state index >= 15 is 0 Å². The van der Waals surface area contributed by atoms with Crippen LogP contribution >= 0.6 is 0 Å². The highest BCUT2D eigenvalue weighted by atomic mass is 16.5. The van der Waals surface area contributed by atoms with Crippen molar-refractivity contribution in [2.75, 3.05) is 26.8 Å². The summed E-state index contributed by atoms with van der Waals surface area (Å²) in [5.74, 6) is -0.254. The van der Waals surface area contributed by atoms with E-state index in [1.807, 2.05) is 6.92 Å². The summed E-state index contributed by atoms with van der Waals surface area (Å²) in [5.41, 5.74) is 0. The minimum absolute atomic E-state index is 0.0479. The highest BCUT2D eigenvalue weighted by Gasteiger charge is 2.03. The monoisotopic (exact) mass is 216 g/mol. The first kappa shape index (κ1) is 13.9. The Labute approximate surface area is 90.6 Å². The maximum absolute atomic E-state index is 11.1. The van der Waals surface area contributed by atoms with E-state index < -0.39 is 0 Å². The van der Waals surface area contributed by atoms with Crippen molar-refractivity contribution in [3.8, 4) is 0 Å². The van der Waals surface area contributed by atoms with Gasteiger partial charge in [0.25, 0.3) is 0 Å². The molecular formula is C10H20N2O3. The molecule has 0 aliphatic rings. The van der Waals surface area contributed by atoms with Crippen LogP contribution in [-0.2, 0) is 14.3 Å². The fourth-order valence-electron chi connectivity index (χ4n) is 0.960. The molecule has 0 aromatic rings. The molecule has 0 unspecified atom stereocenters. The minimum atomic E-state index is -0.183. The molecule has 5 heteroatoms. The lowest BCUT2D eigenvalue weighted by Crippen LogP contribution is -2.38. The molecule has 0 atom stereocenters. The normalized spacial score (nSPS) is 9.73. The summed E-state index contributed by atoms with van der Waals surface area (Å²) in [4.78, 5) is 22.2. The van der Waals surface area contributed by atoms with Crippen LogP contribution in [-0.4, -0.2) is 38.6 Å². The first-order chi connectivity index (χ1) is 7.20. The van der Waals surface area contributed by atoms with E-state index in [0.29, 0.717) is 19.6 Å². The number of methoxy groups -OCH3 is 1. The van der Waals surface area contributed by atoms with Gasteiger partial charge in [0.15, 0.2) is 0 Å². The summed E-state index contributed by atoms with van der Waals surface area (Å²) >= 11 is 0. The Morgan fingerprint density at radius 3 is 2.53 bits per heavy atom. The number of rotatable bonds is 8. The van der Waals surface area contributed by atoms with Gasteiger partial charge in [0.2, 0.25) is 11.8 Å². The number of ether oxygens (including phenoxy) is 1. The maximum Gasteiger partial charge on any atom is 0.239 e. The van der Waals surface area contributed by atoms with Gasteiger partial charge in [-0.15, -0.1) is 0 Å². The lowest BCUT2D eigenvalue weighted by atomic mass is 10.2. The van der Waals surface area contributed by atoms with Crippen LogP contribution in [0.2, 0.25) is 0 Å². The average Bonchev–Trinajstić information content (AvgIpc) is 2.24. The van der Waals surface area contributed by atoms with Gasteiger partial charge >= 0.3 is 0 Å². The zero-order chi connectivity index (χ0) is 11.5. The van der Waals surface area contributed by atoms with Crippen LogP contribution in [0, 0.1) is 0 Å². The third kappa shape index (κ3) is 9.21. The fourth-order valence-corrected chi connectivity index (χ4v) is 0.960. The van der Waals surface area contributed by atoms with E-state index in [-0.39, 0.29) is 18.4 Å². The van der Waals surface area contributed by atoms with Crippen LogP contribution < -0.4 is 10.6 Å². The zero-order valence-corrected chi connectivity index (χ0v) is 9.47. The van der Waals surface area contributed by atoms with Gasteiger partial charge in [-0.1, -0.05) is 13.3 Å². The minimum Gasteiger partial charge on any atom is -0.383 e. The molecule has 0 heterocycles. The number of amides is 2. The van der Waals surface area contributed by atoms with Gasteiger partial charge in [-0.25, -0.2) is 0 Å². The smallest absolute Gasteiger partial charge is 0.239 e. The van der Waals surface area contributed by atoms with Crippen molar-refractivity contribution in [3.63, 3.8) is 0 Å². The van der Waals surface area contributed by atoms with E-state index in [1.165, 1.54) is 0 Å². The van der Waals surface area contributed by atoms with E-state index in [2.05, 4.69) is 10.6 Å². The first-order valence-electron chi connectivity index (χ1n) is 5.23. The van der Waals surface area contributed by atoms with Gasteiger partial charge in [-0.05, 0) is 6.42 Å². The predicted octanol–water partition coefficient (Wildman–Crippen LogP) is 0.0554. The summed E-state index contributed by atoms with van der Waals surface area (Å²) in [6.45, 7) is 3.02. The number of hydrogen-bond acceptors (Lipinski definition) is 3. The van der Waals surface area contributed by atoms with Crippen molar-refractivity contribution in [2.45, 2.75) is 26.2 Å². The predicted molar refractivity (Wildman–Crippen MR) is 57.4 cm³/mol. The largest absolute Gasteiger partial charge is 0.383 e. The van der Waals surface area contributed by atoms with Crippen molar-refractivity contribution in [1.82, 2.24) is 10.6 Å². The molecule has 0 saturated heterocycles. The van der Waals surface area contributed by atoms with Crippen molar-refractivity contribution >= 4 is 11.8 Å². The number of carbonyl (C=O) groups excluding carboxylic acids is 2. The van der Waals surface area contributed by atoms with Gasteiger partial charge < -0.3 is 15.4 Å². The second kappa shape index (κ2) is 9.45. The molecule has 0 fully saturated rings. The second-order valence-electron chi connectivity index (χ2n) is 3.22. The fraction of sp³-hybridized carbons (Fsp3) is 0.800. The Morgan fingerprint density at radius 2 is 1.93 bits per heavy atom.